The van der Waals surface area contributed by atoms with Crippen molar-refractivity contribution in [2.45, 2.75) is 55.7 Å². The van der Waals surface area contributed by atoms with Crippen molar-refractivity contribution < 1.29 is 13.2 Å². The van der Waals surface area contributed by atoms with Crippen LogP contribution in [0.4, 0.5) is 11.6 Å². The van der Waals surface area contributed by atoms with Crippen molar-refractivity contribution in [2.24, 2.45) is 0 Å². The number of hydrogen-bond acceptors (Lipinski definition) is 9. The zero-order chi connectivity index (χ0) is 27.2. The third-order valence-electron chi connectivity index (χ3n) is 5.90. The van der Waals surface area contributed by atoms with Crippen LogP contribution in [0.1, 0.15) is 38.9 Å². The Hall–Kier alpha value is -3.78. The second kappa shape index (κ2) is 9.51. The van der Waals surface area contributed by atoms with E-state index in [1.165, 1.54) is 48.4 Å². The topological polar surface area (TPSA) is 154 Å². The molecule has 4 aromatic rings. The summed E-state index contributed by atoms with van der Waals surface area (Å²) < 4.78 is 30.9. The number of fused-ring (bicyclic) bond motifs is 2. The molecule has 4 heterocycles. The summed E-state index contributed by atoms with van der Waals surface area (Å²) in [5, 5.41) is 8.11. The predicted molar refractivity (Wildman–Crippen MR) is 144 cm³/mol. The molecule has 1 unspecified atom stereocenters. The minimum absolute atomic E-state index is 0.000766. The number of hydrogen-bond donors (Lipinski definition) is 2. The zero-order valence-electron chi connectivity index (χ0n) is 21.2. The van der Waals surface area contributed by atoms with Gasteiger partial charge in [-0.25, -0.2) is 32.8 Å². The number of sulfonamides is 1. The van der Waals surface area contributed by atoms with Crippen LogP contribution in [-0.4, -0.2) is 49.4 Å². The van der Waals surface area contributed by atoms with Crippen LogP contribution in [0.5, 0.6) is 0 Å². The van der Waals surface area contributed by atoms with E-state index in [1.807, 2.05) is 20.8 Å². The molecular weight excluding hydrogens is 528 g/mol. The van der Waals surface area contributed by atoms with E-state index in [4.69, 9.17) is 0 Å². The number of amides is 1. The van der Waals surface area contributed by atoms with Crippen LogP contribution in [0.25, 0.3) is 11.0 Å². The fourth-order valence-corrected chi connectivity index (χ4v) is 6.17. The third-order valence-corrected chi connectivity index (χ3v) is 8.34. The molecule has 5 rings (SSSR count). The number of rotatable bonds is 6. The Morgan fingerprint density at radius 1 is 1.16 bits per heavy atom. The van der Waals surface area contributed by atoms with E-state index in [0.717, 1.165) is 0 Å². The highest BCUT2D eigenvalue weighted by Crippen LogP contribution is 2.34. The quantitative estimate of drug-likeness (QED) is 0.342. The number of anilines is 2. The molecule has 0 fully saturated rings. The number of nitrogens with one attached hydrogen (secondary N) is 2. The van der Waals surface area contributed by atoms with E-state index in [1.54, 1.807) is 22.2 Å². The normalized spacial score (nSPS) is 15.4. The maximum Gasteiger partial charge on any atom is 0.265 e. The molecule has 1 amide bonds. The third kappa shape index (κ3) is 5.00. The number of aromatic nitrogens is 6. The van der Waals surface area contributed by atoms with Gasteiger partial charge in [0.15, 0.2) is 10.8 Å². The van der Waals surface area contributed by atoms with E-state index in [9.17, 15) is 18.0 Å². The molecule has 0 aliphatic carbocycles. The molecule has 38 heavy (non-hydrogen) atoms. The van der Waals surface area contributed by atoms with Crippen molar-refractivity contribution in [1.82, 2.24) is 29.3 Å². The van der Waals surface area contributed by atoms with E-state index in [0.29, 0.717) is 33.3 Å². The van der Waals surface area contributed by atoms with Gasteiger partial charge in [0.1, 0.15) is 5.39 Å². The highest BCUT2D eigenvalue weighted by molar-refractivity contribution is 7.99. The Morgan fingerprint density at radius 2 is 1.89 bits per heavy atom. The first-order valence-electron chi connectivity index (χ1n) is 11.8. The van der Waals surface area contributed by atoms with Gasteiger partial charge in [0.2, 0.25) is 11.9 Å². The summed E-state index contributed by atoms with van der Waals surface area (Å²) in [6.45, 7) is 7.70. The zero-order valence-corrected chi connectivity index (χ0v) is 22.8. The summed E-state index contributed by atoms with van der Waals surface area (Å²) in [6.07, 6.45) is 3.05. The van der Waals surface area contributed by atoms with Gasteiger partial charge in [0.25, 0.3) is 15.6 Å². The summed E-state index contributed by atoms with van der Waals surface area (Å²) in [4.78, 5) is 38.7. The van der Waals surface area contributed by atoms with Gasteiger partial charge in [0.05, 0.1) is 22.7 Å². The molecule has 3 aromatic heterocycles. The van der Waals surface area contributed by atoms with Crippen LogP contribution < -0.4 is 15.6 Å². The second-order valence-corrected chi connectivity index (χ2v) is 12.6. The molecule has 0 radical (unpaired) electrons. The Kier molecular flexibility index (Phi) is 6.47. The van der Waals surface area contributed by atoms with E-state index >= 15 is 0 Å². The number of carbonyl (C=O) groups is 1. The minimum Gasteiger partial charge on any atom is -0.326 e. The highest BCUT2D eigenvalue weighted by atomic mass is 32.2. The lowest BCUT2D eigenvalue weighted by Crippen LogP contribution is -2.29. The van der Waals surface area contributed by atoms with Crippen LogP contribution in [0.2, 0.25) is 0 Å². The lowest BCUT2D eigenvalue weighted by Gasteiger charge is -2.20. The number of aryl methyl sites for hydroxylation is 1. The van der Waals surface area contributed by atoms with E-state index < -0.39 is 10.0 Å². The Labute approximate surface area is 223 Å². The molecule has 1 atom stereocenters. The lowest BCUT2D eigenvalue weighted by atomic mass is 10.1. The number of benzene rings is 1. The first-order valence-corrected chi connectivity index (χ1v) is 14.3. The Bertz CT molecular complexity index is 1710. The molecule has 12 nitrogen and oxygen atoms in total. The molecule has 0 saturated carbocycles. The van der Waals surface area contributed by atoms with Crippen molar-refractivity contribution in [3.05, 3.63) is 58.8 Å². The van der Waals surface area contributed by atoms with Crippen molar-refractivity contribution in [3.63, 3.8) is 0 Å². The van der Waals surface area contributed by atoms with Crippen LogP contribution in [-0.2, 0) is 20.4 Å². The smallest absolute Gasteiger partial charge is 0.265 e. The molecule has 0 spiro atoms. The molecule has 0 saturated heterocycles. The van der Waals surface area contributed by atoms with Crippen LogP contribution in [0, 0.1) is 6.92 Å². The van der Waals surface area contributed by atoms with Gasteiger partial charge < -0.3 is 5.32 Å². The number of carbonyl (C=O) groups excluding carboxylic acids is 1. The summed E-state index contributed by atoms with van der Waals surface area (Å²) >= 11 is 1.43. The average molecular weight is 555 g/mol. The minimum atomic E-state index is -3.90. The molecule has 198 valence electrons. The molecule has 2 N–H and O–H groups in total. The van der Waals surface area contributed by atoms with Crippen LogP contribution in [0.15, 0.2) is 57.6 Å². The predicted octanol–water partition coefficient (Wildman–Crippen LogP) is 2.92. The maximum atomic E-state index is 13.2. The number of nitrogens with zero attached hydrogens (tertiary/aromatic N) is 6. The highest BCUT2D eigenvalue weighted by Gasteiger charge is 2.30. The maximum absolute atomic E-state index is 13.2. The summed E-state index contributed by atoms with van der Waals surface area (Å²) in [7, 11) is -3.90. The van der Waals surface area contributed by atoms with E-state index in [-0.39, 0.29) is 40.3 Å². The standard InChI is InChI=1S/C24H26N8O4S2/c1-14-9-10-25-22(27-14)30-38(35,36)17-7-5-15(6-8-17)28-19(33)11-16-13-37-23-29-20-18(21(34)31(16)23)12-26-32(20)24(2,3)4/h5-10,12,16H,11,13H2,1-4H3,(H,28,33)(H,25,27,30). The van der Waals surface area contributed by atoms with Gasteiger partial charge in [-0.2, -0.15) is 5.10 Å². The van der Waals surface area contributed by atoms with Crippen LogP contribution in [0.3, 0.4) is 0 Å². The molecule has 1 aliphatic rings. The van der Waals surface area contributed by atoms with Gasteiger partial charge in [-0.3, -0.25) is 14.2 Å². The molecular formula is C24H26N8O4S2. The monoisotopic (exact) mass is 554 g/mol. The molecule has 1 aliphatic heterocycles. The van der Waals surface area contributed by atoms with Crippen molar-refractivity contribution in [2.75, 3.05) is 15.8 Å². The van der Waals surface area contributed by atoms with Gasteiger partial charge in [0, 0.05) is 29.8 Å². The largest absolute Gasteiger partial charge is 0.326 e. The Morgan fingerprint density at radius 3 is 2.58 bits per heavy atom. The molecule has 1 aromatic carbocycles. The van der Waals surface area contributed by atoms with Gasteiger partial charge in [-0.05, 0) is 58.0 Å². The van der Waals surface area contributed by atoms with E-state index in [2.05, 4.69) is 30.1 Å². The van der Waals surface area contributed by atoms with Gasteiger partial charge >= 0.3 is 0 Å². The van der Waals surface area contributed by atoms with Crippen molar-refractivity contribution >= 4 is 50.4 Å². The SMILES string of the molecule is Cc1ccnc(NS(=O)(=O)c2ccc(NC(=O)CC3CSc4nc5c(cnn5C(C)(C)C)c(=O)n43)cc2)n1. The van der Waals surface area contributed by atoms with Crippen molar-refractivity contribution in [1.29, 1.82) is 0 Å². The van der Waals surface area contributed by atoms with Crippen LogP contribution >= 0.6 is 11.8 Å². The molecule has 0 bridgehead atoms. The Balaban J connectivity index is 1.28. The number of thioether (sulfide) groups is 1. The van der Waals surface area contributed by atoms with Gasteiger partial charge in [-0.15, -0.1) is 0 Å². The summed E-state index contributed by atoms with van der Waals surface area (Å²) in [6, 6.07) is 7.05. The first kappa shape index (κ1) is 25.9. The summed E-state index contributed by atoms with van der Waals surface area (Å²) in [5.74, 6) is 0.210. The summed E-state index contributed by atoms with van der Waals surface area (Å²) in [5.41, 5.74) is 1.04. The van der Waals surface area contributed by atoms with Gasteiger partial charge in [-0.1, -0.05) is 11.8 Å². The fourth-order valence-electron chi connectivity index (χ4n) is 4.09. The van der Waals surface area contributed by atoms with Crippen molar-refractivity contribution in [3.8, 4) is 0 Å². The first-order chi connectivity index (χ1) is 17.9. The fraction of sp³-hybridized carbons (Fsp3) is 0.333. The average Bonchev–Trinajstić information content (AvgIpc) is 3.44. The lowest BCUT2D eigenvalue weighted by molar-refractivity contribution is -0.116. The second-order valence-electron chi connectivity index (χ2n) is 9.90. The molecule has 14 heteroatoms.